The lowest BCUT2D eigenvalue weighted by atomic mass is 9.95. The zero-order valence-electron chi connectivity index (χ0n) is 14.1. The number of nitrogens with zero attached hydrogens (tertiary/aromatic N) is 1. The Morgan fingerprint density at radius 3 is 2.40 bits per heavy atom. The van der Waals surface area contributed by atoms with Gasteiger partial charge in [0.1, 0.15) is 5.82 Å². The molecule has 1 aromatic rings. The van der Waals surface area contributed by atoms with Gasteiger partial charge in [0.05, 0.1) is 10.6 Å². The van der Waals surface area contributed by atoms with Gasteiger partial charge in [-0.2, -0.15) is 13.2 Å². The van der Waals surface area contributed by atoms with Crippen molar-refractivity contribution in [2.45, 2.75) is 44.8 Å². The Morgan fingerprint density at radius 1 is 1.20 bits per heavy atom. The molecule has 0 aromatic heterocycles. The number of piperazine rings is 1. The second-order valence-electron chi connectivity index (χ2n) is 6.16. The molecule has 0 saturated carbocycles. The summed E-state index contributed by atoms with van der Waals surface area (Å²) < 4.78 is 53.8. The van der Waals surface area contributed by atoms with Crippen molar-refractivity contribution < 1.29 is 17.6 Å². The van der Waals surface area contributed by atoms with Crippen LogP contribution in [0.3, 0.4) is 0 Å². The van der Waals surface area contributed by atoms with E-state index >= 15 is 0 Å². The van der Waals surface area contributed by atoms with Gasteiger partial charge < -0.3 is 5.32 Å². The molecule has 1 fully saturated rings. The number of benzene rings is 1. The summed E-state index contributed by atoms with van der Waals surface area (Å²) in [6.07, 6.45) is -1.10. The molecule has 1 aliphatic heterocycles. The van der Waals surface area contributed by atoms with Crippen LogP contribution in [0.4, 0.5) is 17.6 Å². The van der Waals surface area contributed by atoms with Gasteiger partial charge in [0.2, 0.25) is 0 Å². The molecule has 0 amide bonds. The highest BCUT2D eigenvalue weighted by atomic mass is 35.5. The molecule has 1 aromatic carbocycles. The van der Waals surface area contributed by atoms with Crippen molar-refractivity contribution in [1.82, 2.24) is 10.2 Å². The van der Waals surface area contributed by atoms with E-state index in [1.165, 1.54) is 0 Å². The maximum absolute atomic E-state index is 14.5. The molecule has 1 atom stereocenters. The zero-order valence-corrected chi connectivity index (χ0v) is 15.7. The fourth-order valence-electron chi connectivity index (χ4n) is 3.13. The van der Waals surface area contributed by atoms with Gasteiger partial charge in [-0.15, -0.1) is 12.4 Å². The lowest BCUT2D eigenvalue weighted by molar-refractivity contribution is -0.137. The average Bonchev–Trinajstić information content (AvgIpc) is 2.54. The Morgan fingerprint density at radius 2 is 1.84 bits per heavy atom. The van der Waals surface area contributed by atoms with Gasteiger partial charge in [0.15, 0.2) is 0 Å². The molecule has 0 bridgehead atoms. The molecule has 1 heterocycles. The van der Waals surface area contributed by atoms with Crippen molar-refractivity contribution in [3.63, 3.8) is 0 Å². The number of halogens is 6. The molecule has 1 saturated heterocycles. The quantitative estimate of drug-likeness (QED) is 0.502. The summed E-state index contributed by atoms with van der Waals surface area (Å²) in [6, 6.07) is 1.22. The van der Waals surface area contributed by atoms with E-state index in [9.17, 15) is 17.6 Å². The largest absolute Gasteiger partial charge is 0.416 e. The fourth-order valence-corrected chi connectivity index (χ4v) is 3.36. The molecule has 8 heteroatoms. The first-order valence-corrected chi connectivity index (χ1v) is 8.73. The zero-order chi connectivity index (χ0) is 17.7. The van der Waals surface area contributed by atoms with Crippen molar-refractivity contribution in [3.05, 3.63) is 34.1 Å². The van der Waals surface area contributed by atoms with Crippen LogP contribution in [0.2, 0.25) is 5.02 Å². The average molecular weight is 403 g/mol. The summed E-state index contributed by atoms with van der Waals surface area (Å²) >= 11 is 5.76. The van der Waals surface area contributed by atoms with Gasteiger partial charge in [-0.1, -0.05) is 37.8 Å². The van der Waals surface area contributed by atoms with E-state index in [1.807, 2.05) is 0 Å². The van der Waals surface area contributed by atoms with Crippen LogP contribution in [0.5, 0.6) is 0 Å². The van der Waals surface area contributed by atoms with E-state index in [1.54, 1.807) is 0 Å². The van der Waals surface area contributed by atoms with E-state index in [4.69, 9.17) is 11.6 Å². The van der Waals surface area contributed by atoms with Crippen molar-refractivity contribution in [2.75, 3.05) is 26.2 Å². The van der Waals surface area contributed by atoms with Crippen molar-refractivity contribution in [1.29, 1.82) is 0 Å². The molecule has 0 radical (unpaired) electrons. The predicted octanol–water partition coefficient (Wildman–Crippen LogP) is 5.45. The first-order chi connectivity index (χ1) is 11.3. The van der Waals surface area contributed by atoms with Crippen LogP contribution in [0.1, 0.15) is 49.8 Å². The highest BCUT2D eigenvalue weighted by Crippen LogP contribution is 2.38. The number of unbranched alkanes of at least 4 members (excludes halogenated alkanes) is 2. The third-order valence-corrected chi connectivity index (χ3v) is 4.69. The van der Waals surface area contributed by atoms with Crippen LogP contribution < -0.4 is 5.32 Å². The highest BCUT2D eigenvalue weighted by Gasteiger charge is 2.34. The molecule has 0 unspecified atom stereocenters. The number of rotatable bonds is 6. The summed E-state index contributed by atoms with van der Waals surface area (Å²) in [5.41, 5.74) is -0.827. The minimum atomic E-state index is -4.54. The highest BCUT2D eigenvalue weighted by molar-refractivity contribution is 6.30. The topological polar surface area (TPSA) is 15.3 Å². The Kier molecular flexibility index (Phi) is 8.95. The SMILES string of the molecule is CCCCC[C@H](c1cc(C(F)(F)F)cc(Cl)c1F)N1CCNCC1.Cl. The lowest BCUT2D eigenvalue weighted by Gasteiger charge is -2.36. The Bertz CT molecular complexity index is 546. The molecule has 0 aliphatic carbocycles. The van der Waals surface area contributed by atoms with Crippen molar-refractivity contribution >= 4 is 24.0 Å². The van der Waals surface area contributed by atoms with E-state index in [0.717, 1.165) is 38.4 Å². The lowest BCUT2D eigenvalue weighted by Crippen LogP contribution is -2.45. The molecule has 2 nitrogen and oxygen atoms in total. The Hall–Kier alpha value is -0.560. The van der Waals surface area contributed by atoms with Gasteiger partial charge in [-0.05, 0) is 18.6 Å². The van der Waals surface area contributed by atoms with Crippen molar-refractivity contribution in [3.8, 4) is 0 Å². The van der Waals surface area contributed by atoms with E-state index in [0.29, 0.717) is 25.6 Å². The molecule has 2 rings (SSSR count). The van der Waals surface area contributed by atoms with Gasteiger partial charge in [-0.3, -0.25) is 4.90 Å². The first-order valence-electron chi connectivity index (χ1n) is 8.35. The normalized spacial score (nSPS) is 17.2. The number of hydrogen-bond acceptors (Lipinski definition) is 2. The summed E-state index contributed by atoms with van der Waals surface area (Å²) in [7, 11) is 0. The Labute approximate surface area is 157 Å². The first kappa shape index (κ1) is 22.5. The summed E-state index contributed by atoms with van der Waals surface area (Å²) in [4.78, 5) is 2.06. The second-order valence-corrected chi connectivity index (χ2v) is 6.56. The van der Waals surface area contributed by atoms with Crippen LogP contribution >= 0.6 is 24.0 Å². The molecule has 144 valence electrons. The van der Waals surface area contributed by atoms with E-state index in [2.05, 4.69) is 17.1 Å². The number of nitrogens with one attached hydrogen (secondary N) is 1. The summed E-state index contributed by atoms with van der Waals surface area (Å²) in [5, 5.41) is 2.75. The predicted molar refractivity (Wildman–Crippen MR) is 95.0 cm³/mol. The smallest absolute Gasteiger partial charge is 0.314 e. The summed E-state index contributed by atoms with van der Waals surface area (Å²) in [6.45, 7) is 4.92. The standard InChI is InChI=1S/C17H23ClF4N2.ClH/c1-2-3-4-5-15(24-8-6-23-7-9-24)13-10-12(17(20,21)22)11-14(18)16(13)19;/h10-11,15,23H,2-9H2,1H3;1H/t15-;/m1./s1. The minimum absolute atomic E-state index is 0. The van der Waals surface area contributed by atoms with E-state index in [-0.39, 0.29) is 24.0 Å². The second kappa shape index (κ2) is 9.95. The Balaban J connectivity index is 0.00000312. The van der Waals surface area contributed by atoms with Crippen LogP contribution in [0.15, 0.2) is 12.1 Å². The van der Waals surface area contributed by atoms with Crippen LogP contribution in [-0.4, -0.2) is 31.1 Å². The van der Waals surface area contributed by atoms with Crippen LogP contribution in [0, 0.1) is 5.82 Å². The molecule has 1 N–H and O–H groups in total. The number of alkyl halides is 3. The molecular formula is C17H24Cl2F4N2. The third kappa shape index (κ3) is 5.98. The van der Waals surface area contributed by atoms with E-state index < -0.39 is 22.6 Å². The maximum atomic E-state index is 14.5. The van der Waals surface area contributed by atoms with Gasteiger partial charge >= 0.3 is 6.18 Å². The van der Waals surface area contributed by atoms with Gasteiger partial charge in [0, 0.05) is 37.8 Å². The van der Waals surface area contributed by atoms with Crippen molar-refractivity contribution in [2.24, 2.45) is 0 Å². The third-order valence-electron chi connectivity index (χ3n) is 4.42. The number of hydrogen-bond donors (Lipinski definition) is 1. The minimum Gasteiger partial charge on any atom is -0.314 e. The fraction of sp³-hybridized carbons (Fsp3) is 0.647. The van der Waals surface area contributed by atoms with Crippen LogP contribution in [-0.2, 0) is 6.18 Å². The summed E-state index contributed by atoms with van der Waals surface area (Å²) in [5.74, 6) is -0.732. The monoisotopic (exact) mass is 402 g/mol. The molecular weight excluding hydrogens is 379 g/mol. The van der Waals surface area contributed by atoms with Crippen LogP contribution in [0.25, 0.3) is 0 Å². The van der Waals surface area contributed by atoms with Gasteiger partial charge in [0.25, 0.3) is 0 Å². The molecule has 1 aliphatic rings. The maximum Gasteiger partial charge on any atom is 0.416 e. The van der Waals surface area contributed by atoms with Gasteiger partial charge in [-0.25, -0.2) is 4.39 Å². The molecule has 0 spiro atoms. The molecule has 25 heavy (non-hydrogen) atoms.